The third-order valence-electron chi connectivity index (χ3n) is 3.20. The van der Waals surface area contributed by atoms with E-state index in [2.05, 4.69) is 0 Å². The second-order valence-corrected chi connectivity index (χ2v) is 7.20. The van der Waals surface area contributed by atoms with Gasteiger partial charge in [-0.1, -0.05) is 43.3 Å². The van der Waals surface area contributed by atoms with Crippen molar-refractivity contribution in [1.29, 1.82) is 0 Å². The molecule has 23 heavy (non-hydrogen) atoms. The van der Waals surface area contributed by atoms with Gasteiger partial charge in [-0.15, -0.1) is 0 Å². The smallest absolute Gasteiger partial charge is 0.414 e. The molecule has 0 fully saturated rings. The number of benzene rings is 2. The molecule has 126 valence electrons. The van der Waals surface area contributed by atoms with Crippen molar-refractivity contribution in [1.82, 2.24) is 0 Å². The van der Waals surface area contributed by atoms with Crippen LogP contribution in [0.3, 0.4) is 0 Å². The maximum atomic E-state index is 13.1. The zero-order chi connectivity index (χ0) is 17.3. The van der Waals surface area contributed by atoms with Gasteiger partial charge in [0.1, 0.15) is 11.5 Å². The molecule has 0 radical (unpaired) electrons. The zero-order valence-corrected chi connectivity index (χ0v) is 14.4. The third kappa shape index (κ3) is 5.10. The van der Waals surface area contributed by atoms with Crippen molar-refractivity contribution >= 4 is 7.60 Å². The second-order valence-electron chi connectivity index (χ2n) is 4.88. The molecule has 1 unspecified atom stereocenters. The molecule has 0 saturated heterocycles. The van der Waals surface area contributed by atoms with Crippen molar-refractivity contribution in [2.24, 2.45) is 0 Å². The first-order valence-corrected chi connectivity index (χ1v) is 8.78. The van der Waals surface area contributed by atoms with Crippen LogP contribution in [-0.4, -0.2) is 22.7 Å². The number of rotatable bonds is 6. The summed E-state index contributed by atoms with van der Waals surface area (Å²) in [5, 5.41) is 15.9. The van der Waals surface area contributed by atoms with Crippen LogP contribution in [0.1, 0.15) is 20.3 Å². The van der Waals surface area contributed by atoms with Crippen LogP contribution in [0, 0.1) is 0 Å². The lowest BCUT2D eigenvalue weighted by Crippen LogP contribution is -2.28. The molecule has 2 aromatic carbocycles. The molecule has 6 heteroatoms. The summed E-state index contributed by atoms with van der Waals surface area (Å²) in [6, 6.07) is 17.4. The average molecular weight is 338 g/mol. The molecule has 5 nitrogen and oxygen atoms in total. The molecule has 2 aromatic rings. The lowest BCUT2D eigenvalue weighted by Gasteiger charge is -2.31. The summed E-state index contributed by atoms with van der Waals surface area (Å²) in [7, 11) is -2.81. The molecule has 1 atom stereocenters. The Morgan fingerprint density at radius 1 is 0.913 bits per heavy atom. The number of para-hydroxylation sites is 2. The first kappa shape index (κ1) is 19.2. The van der Waals surface area contributed by atoms with Gasteiger partial charge in [-0.2, -0.15) is 0 Å². The van der Waals surface area contributed by atoms with E-state index in [9.17, 15) is 9.67 Å². The first-order chi connectivity index (χ1) is 11.0. The zero-order valence-electron chi connectivity index (χ0n) is 13.5. The molecule has 2 rings (SSSR count). The molecule has 2 N–H and O–H groups in total. The van der Waals surface area contributed by atoms with Crippen molar-refractivity contribution in [3.05, 3.63) is 60.7 Å². The standard InChI is InChI=1S/C16H19O4P.CH4O/c1-3-16(2,17)21(18,19-14-10-6-4-7-11-14)20-15-12-8-5-9-13-15;1-2/h4-13,17H,3H2,1-2H3;2H,1H3. The average Bonchev–Trinajstić information content (AvgIpc) is 2.58. The molecular formula is C17H23O5P. The van der Waals surface area contributed by atoms with Gasteiger partial charge < -0.3 is 19.3 Å². The van der Waals surface area contributed by atoms with Crippen molar-refractivity contribution in [2.45, 2.75) is 25.6 Å². The van der Waals surface area contributed by atoms with E-state index in [1.807, 2.05) is 12.1 Å². The molecule has 0 aliphatic carbocycles. The van der Waals surface area contributed by atoms with E-state index in [0.29, 0.717) is 11.5 Å². The molecule has 0 aliphatic rings. The van der Waals surface area contributed by atoms with Crippen molar-refractivity contribution in [2.75, 3.05) is 7.11 Å². The van der Waals surface area contributed by atoms with Gasteiger partial charge >= 0.3 is 7.60 Å². The Hall–Kier alpha value is -1.81. The van der Waals surface area contributed by atoms with Crippen molar-refractivity contribution in [3.8, 4) is 11.5 Å². The van der Waals surface area contributed by atoms with E-state index >= 15 is 0 Å². The highest BCUT2D eigenvalue weighted by molar-refractivity contribution is 7.56. The number of hydrogen-bond donors (Lipinski definition) is 2. The van der Waals surface area contributed by atoms with E-state index in [1.54, 1.807) is 55.5 Å². The van der Waals surface area contributed by atoms with Crippen LogP contribution in [0.5, 0.6) is 11.5 Å². The van der Waals surface area contributed by atoms with Gasteiger partial charge in [-0.3, -0.25) is 0 Å². The van der Waals surface area contributed by atoms with Crippen LogP contribution in [0.4, 0.5) is 0 Å². The summed E-state index contributed by atoms with van der Waals surface area (Å²) in [6.45, 7) is 3.19. The molecule has 0 aromatic heterocycles. The van der Waals surface area contributed by atoms with Gasteiger partial charge in [0.15, 0.2) is 5.34 Å². The van der Waals surface area contributed by atoms with Crippen LogP contribution in [-0.2, 0) is 4.57 Å². The van der Waals surface area contributed by atoms with E-state index in [1.165, 1.54) is 6.92 Å². The van der Waals surface area contributed by atoms with Gasteiger partial charge in [0.25, 0.3) is 0 Å². The quantitative estimate of drug-likeness (QED) is 0.777. The van der Waals surface area contributed by atoms with Gasteiger partial charge in [0.05, 0.1) is 0 Å². The maximum Gasteiger partial charge on any atom is 0.461 e. The molecule has 0 amide bonds. The Morgan fingerprint density at radius 2 is 1.26 bits per heavy atom. The normalized spacial score (nSPS) is 13.3. The Kier molecular flexibility index (Phi) is 7.30. The van der Waals surface area contributed by atoms with Crippen LogP contribution < -0.4 is 9.05 Å². The van der Waals surface area contributed by atoms with Gasteiger partial charge in [-0.25, -0.2) is 4.57 Å². The highest BCUT2D eigenvalue weighted by Crippen LogP contribution is 2.59. The second kappa shape index (κ2) is 8.73. The molecule has 0 bridgehead atoms. The molecule has 0 saturated carbocycles. The van der Waals surface area contributed by atoms with Gasteiger partial charge in [0, 0.05) is 7.11 Å². The van der Waals surface area contributed by atoms with E-state index < -0.39 is 12.9 Å². The predicted octanol–water partition coefficient (Wildman–Crippen LogP) is 4.06. The van der Waals surface area contributed by atoms with Crippen LogP contribution in [0.25, 0.3) is 0 Å². The Balaban J connectivity index is 0.00000127. The number of hydrogen-bond acceptors (Lipinski definition) is 5. The van der Waals surface area contributed by atoms with Crippen LogP contribution >= 0.6 is 7.60 Å². The summed E-state index contributed by atoms with van der Waals surface area (Å²) < 4.78 is 24.2. The van der Waals surface area contributed by atoms with Crippen molar-refractivity contribution < 1.29 is 23.8 Å². The topological polar surface area (TPSA) is 76.0 Å². The van der Waals surface area contributed by atoms with E-state index in [0.717, 1.165) is 7.11 Å². The molecule has 0 aliphatic heterocycles. The van der Waals surface area contributed by atoms with Gasteiger partial charge in [-0.05, 0) is 37.6 Å². The lowest BCUT2D eigenvalue weighted by molar-refractivity contribution is 0.110. The minimum absolute atomic E-state index is 0.240. The summed E-state index contributed by atoms with van der Waals surface area (Å²) in [5.74, 6) is 0.788. The Morgan fingerprint density at radius 3 is 1.57 bits per heavy atom. The largest absolute Gasteiger partial charge is 0.461 e. The number of aliphatic hydroxyl groups is 2. The monoisotopic (exact) mass is 338 g/mol. The fraction of sp³-hybridized carbons (Fsp3) is 0.294. The fourth-order valence-corrected chi connectivity index (χ4v) is 3.27. The molecular weight excluding hydrogens is 315 g/mol. The highest BCUT2D eigenvalue weighted by Gasteiger charge is 2.48. The number of aliphatic hydroxyl groups excluding tert-OH is 1. The van der Waals surface area contributed by atoms with Crippen molar-refractivity contribution in [3.63, 3.8) is 0 Å². The molecule has 0 heterocycles. The summed E-state index contributed by atoms with van der Waals surface area (Å²) in [5.41, 5.74) is 0. The minimum atomic E-state index is -3.81. The van der Waals surface area contributed by atoms with Gasteiger partial charge in [0.2, 0.25) is 0 Å². The summed E-state index contributed by atoms with van der Waals surface area (Å²) >= 11 is 0. The van der Waals surface area contributed by atoms with Crippen LogP contribution in [0.15, 0.2) is 60.7 Å². The Labute approximate surface area is 137 Å². The minimum Gasteiger partial charge on any atom is -0.414 e. The van der Waals surface area contributed by atoms with E-state index in [4.69, 9.17) is 14.2 Å². The molecule has 0 spiro atoms. The van der Waals surface area contributed by atoms with Crippen LogP contribution in [0.2, 0.25) is 0 Å². The lowest BCUT2D eigenvalue weighted by atomic mass is 10.3. The maximum absolute atomic E-state index is 13.1. The van der Waals surface area contributed by atoms with E-state index in [-0.39, 0.29) is 6.42 Å². The Bertz CT molecular complexity index is 568. The SMILES string of the molecule is CCC(C)(O)P(=O)(Oc1ccccc1)Oc1ccccc1.CO. The predicted molar refractivity (Wildman–Crippen MR) is 90.8 cm³/mol. The summed E-state index contributed by atoms with van der Waals surface area (Å²) in [4.78, 5) is 0. The highest BCUT2D eigenvalue weighted by atomic mass is 31.2. The summed E-state index contributed by atoms with van der Waals surface area (Å²) in [6.07, 6.45) is 0.240. The third-order valence-corrected chi connectivity index (χ3v) is 5.60. The fourth-order valence-electron chi connectivity index (χ4n) is 1.65. The first-order valence-electron chi connectivity index (χ1n) is 7.23.